The first-order valence-corrected chi connectivity index (χ1v) is 8.88. The summed E-state index contributed by atoms with van der Waals surface area (Å²) >= 11 is 0. The molecule has 7 heteroatoms. The summed E-state index contributed by atoms with van der Waals surface area (Å²) in [4.78, 5) is 2.18. The molecule has 0 unspecified atom stereocenters. The molecule has 2 aliphatic rings. The molecule has 6 nitrogen and oxygen atoms in total. The van der Waals surface area contributed by atoms with E-state index in [0.29, 0.717) is 0 Å². The summed E-state index contributed by atoms with van der Waals surface area (Å²) in [5, 5.41) is 3.37. The molecular formula is C13H23N4O2S+. The zero-order chi connectivity index (χ0) is 14.8. The summed E-state index contributed by atoms with van der Waals surface area (Å²) in [5.41, 5.74) is 2.37. The van der Waals surface area contributed by atoms with E-state index < -0.39 is 10.0 Å². The van der Waals surface area contributed by atoms with E-state index in [-0.39, 0.29) is 6.04 Å². The lowest BCUT2D eigenvalue weighted by molar-refractivity contribution is 0.295. The highest BCUT2D eigenvalue weighted by atomic mass is 32.2. The van der Waals surface area contributed by atoms with E-state index in [1.807, 2.05) is 13.1 Å². The molecule has 0 aliphatic carbocycles. The maximum atomic E-state index is 11.2. The highest BCUT2D eigenvalue weighted by molar-refractivity contribution is 7.88. The van der Waals surface area contributed by atoms with Crippen LogP contribution in [0.25, 0.3) is 0 Å². The van der Waals surface area contributed by atoms with E-state index in [2.05, 4.69) is 26.5 Å². The van der Waals surface area contributed by atoms with E-state index in [0.717, 1.165) is 38.3 Å². The summed E-state index contributed by atoms with van der Waals surface area (Å²) in [6.45, 7) is 5.78. The molecular weight excluding hydrogens is 276 g/mol. The van der Waals surface area contributed by atoms with Crippen LogP contribution in [0.3, 0.4) is 0 Å². The average molecular weight is 299 g/mol. The van der Waals surface area contributed by atoms with Gasteiger partial charge in [0.05, 0.1) is 25.0 Å². The Morgan fingerprint density at radius 3 is 2.65 bits per heavy atom. The number of nitrogens with zero attached hydrogens (tertiary/aromatic N) is 2. The Morgan fingerprint density at radius 2 is 2.10 bits per heavy atom. The van der Waals surface area contributed by atoms with E-state index in [9.17, 15) is 8.42 Å². The van der Waals surface area contributed by atoms with Crippen molar-refractivity contribution in [2.24, 2.45) is 0 Å². The number of allylic oxidation sites excluding steroid dienone is 2. The Balaban J connectivity index is 1.94. The summed E-state index contributed by atoms with van der Waals surface area (Å²) in [6.07, 6.45) is 5.66. The number of guanidine groups is 1. The van der Waals surface area contributed by atoms with Gasteiger partial charge in [0.2, 0.25) is 10.0 Å². The van der Waals surface area contributed by atoms with Gasteiger partial charge in [0, 0.05) is 11.6 Å². The van der Waals surface area contributed by atoms with Crippen LogP contribution in [0.2, 0.25) is 0 Å². The highest BCUT2D eigenvalue weighted by Crippen LogP contribution is 2.12. The Labute approximate surface area is 120 Å². The molecule has 0 amide bonds. The van der Waals surface area contributed by atoms with E-state index >= 15 is 0 Å². The number of nitrogens with one attached hydrogen (secondary N) is 2. The number of sulfonamides is 1. The Bertz CT molecular complexity index is 565. The van der Waals surface area contributed by atoms with Crippen LogP contribution in [-0.4, -0.2) is 50.9 Å². The Hall–Kier alpha value is -1.30. The topological polar surface area (TPSA) is 75.5 Å². The molecule has 2 N–H and O–H groups in total. The quantitative estimate of drug-likeness (QED) is 0.707. The van der Waals surface area contributed by atoms with Crippen molar-refractivity contribution in [3.8, 4) is 0 Å². The molecule has 0 aromatic heterocycles. The van der Waals surface area contributed by atoms with Gasteiger partial charge < -0.3 is 0 Å². The van der Waals surface area contributed by atoms with Crippen molar-refractivity contribution >= 4 is 22.2 Å². The third kappa shape index (κ3) is 3.85. The fraction of sp³-hybridized carbons (Fsp3) is 0.692. The third-order valence-electron chi connectivity index (χ3n) is 3.65. The van der Waals surface area contributed by atoms with Gasteiger partial charge in [-0.25, -0.2) is 23.1 Å². The first-order valence-electron chi connectivity index (χ1n) is 6.99. The molecule has 2 rings (SSSR count). The number of piperidine rings is 1. The van der Waals surface area contributed by atoms with Gasteiger partial charge in [-0.05, 0) is 26.2 Å². The van der Waals surface area contributed by atoms with Gasteiger partial charge in [-0.15, -0.1) is 0 Å². The van der Waals surface area contributed by atoms with Crippen molar-refractivity contribution in [3.63, 3.8) is 0 Å². The van der Waals surface area contributed by atoms with Gasteiger partial charge >= 0.3 is 5.96 Å². The number of hydrogen-bond donors (Lipinski definition) is 2. The summed E-state index contributed by atoms with van der Waals surface area (Å²) in [6, 6.07) is 0.0392. The van der Waals surface area contributed by atoms with Gasteiger partial charge in [-0.2, -0.15) is 0 Å². The molecule has 0 bridgehead atoms. The van der Waals surface area contributed by atoms with Crippen molar-refractivity contribution < 1.29 is 8.42 Å². The van der Waals surface area contributed by atoms with Crippen LogP contribution in [0.4, 0.5) is 0 Å². The molecule has 1 fully saturated rings. The van der Waals surface area contributed by atoms with Gasteiger partial charge in [0.1, 0.15) is 0 Å². The lowest BCUT2D eigenvalue weighted by atomic mass is 10.1. The lowest BCUT2D eigenvalue weighted by Gasteiger charge is -2.28. The fourth-order valence-corrected chi connectivity index (χ4v) is 3.38. The maximum absolute atomic E-state index is 11.2. The largest absolute Gasteiger partial charge is 0.445 e. The van der Waals surface area contributed by atoms with Gasteiger partial charge in [0.25, 0.3) is 0 Å². The van der Waals surface area contributed by atoms with Crippen molar-refractivity contribution in [2.45, 2.75) is 39.2 Å². The van der Waals surface area contributed by atoms with E-state index in [1.54, 1.807) is 0 Å². The normalized spacial score (nSPS) is 20.9. The Morgan fingerprint density at radius 1 is 1.45 bits per heavy atom. The van der Waals surface area contributed by atoms with Crippen LogP contribution in [-0.2, 0) is 10.0 Å². The van der Waals surface area contributed by atoms with Gasteiger partial charge in [-0.1, -0.05) is 6.92 Å². The SMILES string of the molecule is CCC1=C(C)C=[N+]=C(N2CCC(NS(C)(=O)=O)CC2)N1. The van der Waals surface area contributed by atoms with Crippen LogP contribution in [0.1, 0.15) is 33.1 Å². The summed E-state index contributed by atoms with van der Waals surface area (Å²) < 4.78 is 29.6. The molecule has 0 aromatic carbocycles. The average Bonchev–Trinajstić information content (AvgIpc) is 2.38. The molecule has 112 valence electrons. The molecule has 0 saturated carbocycles. The molecule has 1 saturated heterocycles. The highest BCUT2D eigenvalue weighted by Gasteiger charge is 2.30. The predicted molar refractivity (Wildman–Crippen MR) is 81.9 cm³/mol. The second kappa shape index (κ2) is 5.99. The van der Waals surface area contributed by atoms with Crippen LogP contribution >= 0.6 is 0 Å². The second-order valence-corrected chi connectivity index (χ2v) is 7.15. The van der Waals surface area contributed by atoms with Crippen LogP contribution < -0.4 is 14.7 Å². The maximum Gasteiger partial charge on any atom is 0.445 e. The second-order valence-electron chi connectivity index (χ2n) is 5.37. The molecule has 0 aromatic rings. The van der Waals surface area contributed by atoms with Crippen molar-refractivity contribution in [3.05, 3.63) is 11.3 Å². The number of hydrogen-bond acceptors (Lipinski definition) is 4. The minimum atomic E-state index is -3.11. The zero-order valence-electron chi connectivity index (χ0n) is 12.3. The van der Waals surface area contributed by atoms with Crippen LogP contribution in [0.15, 0.2) is 11.3 Å². The molecule has 2 aliphatic heterocycles. The first-order chi connectivity index (χ1) is 9.39. The standard InChI is InChI=1S/C13H22N4O2S/c1-4-12-10(2)9-14-13(15-12)17-7-5-11(6-8-17)16-20(3,18)19/h9,11,16H,4-8H2,1-3H3/p+1. The van der Waals surface area contributed by atoms with Crippen molar-refractivity contribution in [2.75, 3.05) is 19.3 Å². The number of rotatable bonds is 3. The fourth-order valence-electron chi connectivity index (χ4n) is 2.54. The zero-order valence-corrected chi connectivity index (χ0v) is 13.1. The number of likely N-dealkylation sites (tertiary alicyclic amines) is 1. The molecule has 20 heavy (non-hydrogen) atoms. The molecule has 0 spiro atoms. The van der Waals surface area contributed by atoms with E-state index in [1.165, 1.54) is 17.5 Å². The van der Waals surface area contributed by atoms with Crippen LogP contribution in [0.5, 0.6) is 0 Å². The van der Waals surface area contributed by atoms with Gasteiger partial charge in [0.15, 0.2) is 6.21 Å². The molecule has 0 radical (unpaired) electrons. The monoisotopic (exact) mass is 299 g/mol. The predicted octanol–water partition coefficient (Wildman–Crippen LogP) is -0.219. The minimum Gasteiger partial charge on any atom is -0.250 e. The van der Waals surface area contributed by atoms with E-state index in [4.69, 9.17) is 0 Å². The smallest absolute Gasteiger partial charge is 0.250 e. The summed E-state index contributed by atoms with van der Waals surface area (Å²) in [5.74, 6) is 0.880. The lowest BCUT2D eigenvalue weighted by Crippen LogP contribution is -2.51. The Kier molecular flexibility index (Phi) is 4.52. The molecule has 2 heterocycles. The summed E-state index contributed by atoms with van der Waals surface area (Å²) in [7, 11) is -3.11. The minimum absolute atomic E-state index is 0.0392. The molecule has 0 atom stereocenters. The van der Waals surface area contributed by atoms with Crippen molar-refractivity contribution in [1.82, 2.24) is 19.6 Å². The van der Waals surface area contributed by atoms with Gasteiger partial charge in [-0.3, -0.25) is 4.90 Å². The van der Waals surface area contributed by atoms with Crippen molar-refractivity contribution in [1.29, 1.82) is 0 Å². The first kappa shape index (κ1) is 15.1. The third-order valence-corrected chi connectivity index (χ3v) is 4.41. The van der Waals surface area contributed by atoms with Crippen LogP contribution in [0, 0.1) is 0 Å².